The van der Waals surface area contributed by atoms with Crippen LogP contribution in [0.3, 0.4) is 0 Å². The Balaban J connectivity index is 3.97. The number of hydrogen-bond donors (Lipinski definition) is 0. The molecule has 0 aromatic heterocycles. The summed E-state index contributed by atoms with van der Waals surface area (Å²) >= 11 is 0. The fourth-order valence-corrected chi connectivity index (χ4v) is 0.503. The van der Waals surface area contributed by atoms with Crippen molar-refractivity contribution in [1.82, 2.24) is 0 Å². The van der Waals surface area contributed by atoms with Crippen molar-refractivity contribution in [3.8, 4) is 35.5 Å². The van der Waals surface area contributed by atoms with Crippen molar-refractivity contribution in [2.75, 3.05) is 6.61 Å². The van der Waals surface area contributed by atoms with Gasteiger partial charge in [0.15, 0.2) is 0 Å². The molecule has 70 valence electrons. The fraction of sp³-hybridized carbons (Fsp3) is 0.250. The monoisotopic (exact) mass is 186 g/mol. The number of ether oxygens (including phenoxy) is 1. The van der Waals surface area contributed by atoms with E-state index in [1.54, 1.807) is 13.8 Å². The van der Waals surface area contributed by atoms with Gasteiger partial charge in [-0.1, -0.05) is 11.8 Å². The normalized spacial score (nSPS) is 7.29. The molecular weight excluding hydrogens is 176 g/mol. The van der Waals surface area contributed by atoms with E-state index in [0.29, 0.717) is 6.61 Å². The van der Waals surface area contributed by atoms with Gasteiger partial charge in [-0.05, 0) is 43.6 Å². The topological polar surface area (TPSA) is 26.3 Å². The SMILES string of the molecule is CC#CC#CC#C/C=C/C(=O)OCC. The van der Waals surface area contributed by atoms with E-state index in [9.17, 15) is 4.79 Å². The Bertz CT molecular complexity index is 383. The largest absolute Gasteiger partial charge is 0.463 e. The van der Waals surface area contributed by atoms with Crippen LogP contribution in [0.5, 0.6) is 0 Å². The molecule has 2 nitrogen and oxygen atoms in total. The van der Waals surface area contributed by atoms with Gasteiger partial charge in [0.2, 0.25) is 0 Å². The molecule has 0 aliphatic carbocycles. The maximum atomic E-state index is 10.7. The van der Waals surface area contributed by atoms with Crippen molar-refractivity contribution in [1.29, 1.82) is 0 Å². The number of rotatable bonds is 2. The first-order valence-electron chi connectivity index (χ1n) is 4.06. The van der Waals surface area contributed by atoms with Crippen LogP contribution in [-0.4, -0.2) is 12.6 Å². The molecule has 0 fully saturated rings. The lowest BCUT2D eigenvalue weighted by Crippen LogP contribution is -1.98. The van der Waals surface area contributed by atoms with Gasteiger partial charge >= 0.3 is 5.97 Å². The van der Waals surface area contributed by atoms with E-state index in [1.807, 2.05) is 0 Å². The van der Waals surface area contributed by atoms with Gasteiger partial charge in [-0.3, -0.25) is 0 Å². The van der Waals surface area contributed by atoms with E-state index in [2.05, 4.69) is 40.3 Å². The van der Waals surface area contributed by atoms with Crippen LogP contribution in [0.25, 0.3) is 0 Å². The highest BCUT2D eigenvalue weighted by Gasteiger charge is 1.89. The molecule has 0 saturated carbocycles. The summed E-state index contributed by atoms with van der Waals surface area (Å²) in [4.78, 5) is 10.7. The molecule has 0 atom stereocenters. The Hall–Kier alpha value is -2.11. The lowest BCUT2D eigenvalue weighted by Gasteiger charge is -1.91. The van der Waals surface area contributed by atoms with Crippen LogP contribution in [0, 0.1) is 35.5 Å². The van der Waals surface area contributed by atoms with Crippen molar-refractivity contribution in [2.45, 2.75) is 13.8 Å². The molecule has 14 heavy (non-hydrogen) atoms. The second kappa shape index (κ2) is 8.98. The first-order chi connectivity index (χ1) is 6.81. The highest BCUT2D eigenvalue weighted by atomic mass is 16.5. The summed E-state index contributed by atoms with van der Waals surface area (Å²) < 4.78 is 4.64. The zero-order valence-electron chi connectivity index (χ0n) is 8.18. The van der Waals surface area contributed by atoms with Crippen LogP contribution >= 0.6 is 0 Å². The van der Waals surface area contributed by atoms with Crippen molar-refractivity contribution >= 4 is 5.97 Å². The predicted octanol–water partition coefficient (Wildman–Crippen LogP) is 1.14. The molecule has 0 aromatic rings. The van der Waals surface area contributed by atoms with Crippen LogP contribution < -0.4 is 0 Å². The summed E-state index contributed by atoms with van der Waals surface area (Å²) in [6.45, 7) is 3.80. The van der Waals surface area contributed by atoms with E-state index in [-0.39, 0.29) is 0 Å². The molecule has 0 spiro atoms. The summed E-state index contributed by atoms with van der Waals surface area (Å²) in [5.74, 6) is 14.8. The molecule has 0 radical (unpaired) electrons. The van der Waals surface area contributed by atoms with Gasteiger partial charge in [-0.2, -0.15) is 0 Å². The Labute approximate surface area is 84.3 Å². The molecule has 0 amide bonds. The summed E-state index contributed by atoms with van der Waals surface area (Å²) in [5.41, 5.74) is 0. The van der Waals surface area contributed by atoms with Crippen LogP contribution in [0.2, 0.25) is 0 Å². The van der Waals surface area contributed by atoms with Gasteiger partial charge in [-0.15, -0.1) is 0 Å². The van der Waals surface area contributed by atoms with E-state index in [1.165, 1.54) is 12.2 Å². The lowest BCUT2D eigenvalue weighted by molar-refractivity contribution is -0.137. The Morgan fingerprint density at radius 3 is 2.64 bits per heavy atom. The molecular formula is C12H10O2. The molecule has 0 aliphatic heterocycles. The average Bonchev–Trinajstić information content (AvgIpc) is 2.17. The minimum absolute atomic E-state index is 0.364. The molecule has 0 aliphatic rings. The number of hydrogen-bond acceptors (Lipinski definition) is 2. The first kappa shape index (κ1) is 11.9. The van der Waals surface area contributed by atoms with E-state index in [0.717, 1.165) is 0 Å². The Morgan fingerprint density at radius 2 is 2.00 bits per heavy atom. The van der Waals surface area contributed by atoms with Gasteiger partial charge in [0.25, 0.3) is 0 Å². The number of carbonyl (C=O) groups excluding carboxylic acids is 1. The first-order valence-corrected chi connectivity index (χ1v) is 4.06. The van der Waals surface area contributed by atoms with Gasteiger partial charge in [0, 0.05) is 6.08 Å². The van der Waals surface area contributed by atoms with E-state index in [4.69, 9.17) is 0 Å². The number of carbonyl (C=O) groups is 1. The maximum Gasteiger partial charge on any atom is 0.331 e. The molecule has 2 heteroatoms. The Morgan fingerprint density at radius 1 is 1.29 bits per heavy atom. The summed E-state index contributed by atoms with van der Waals surface area (Å²) in [5, 5.41) is 0. The van der Waals surface area contributed by atoms with Crippen molar-refractivity contribution < 1.29 is 9.53 Å². The zero-order valence-corrected chi connectivity index (χ0v) is 8.18. The highest BCUT2D eigenvalue weighted by Crippen LogP contribution is 1.79. The van der Waals surface area contributed by atoms with Crippen LogP contribution in [0.4, 0.5) is 0 Å². The second-order valence-corrected chi connectivity index (χ2v) is 1.98. The zero-order chi connectivity index (χ0) is 10.6. The molecule has 0 heterocycles. The highest BCUT2D eigenvalue weighted by molar-refractivity contribution is 5.82. The van der Waals surface area contributed by atoms with Gasteiger partial charge in [-0.25, -0.2) is 4.79 Å². The van der Waals surface area contributed by atoms with Crippen molar-refractivity contribution in [3.05, 3.63) is 12.2 Å². The Kier molecular flexibility index (Phi) is 7.63. The standard InChI is InChI=1S/C12H10O2/c1-3-5-6-7-8-9-10-11-12(13)14-4-2/h10-11H,4H2,1-2H3/b11-10+. The van der Waals surface area contributed by atoms with Crippen molar-refractivity contribution in [2.24, 2.45) is 0 Å². The third-order valence-corrected chi connectivity index (χ3v) is 0.974. The predicted molar refractivity (Wildman–Crippen MR) is 54.8 cm³/mol. The molecule has 0 rings (SSSR count). The molecule has 0 bridgehead atoms. The van der Waals surface area contributed by atoms with Gasteiger partial charge in [0.1, 0.15) is 0 Å². The summed E-state index contributed by atoms with van der Waals surface area (Å²) in [6.07, 6.45) is 2.65. The molecule has 0 aromatic carbocycles. The smallest absolute Gasteiger partial charge is 0.331 e. The van der Waals surface area contributed by atoms with Crippen LogP contribution in [-0.2, 0) is 9.53 Å². The van der Waals surface area contributed by atoms with Crippen LogP contribution in [0.1, 0.15) is 13.8 Å². The quantitative estimate of drug-likeness (QED) is 0.367. The summed E-state index contributed by atoms with van der Waals surface area (Å²) in [7, 11) is 0. The number of esters is 1. The van der Waals surface area contributed by atoms with Gasteiger partial charge in [0.05, 0.1) is 6.61 Å². The molecule has 0 saturated heterocycles. The minimum Gasteiger partial charge on any atom is -0.463 e. The van der Waals surface area contributed by atoms with Crippen LogP contribution in [0.15, 0.2) is 12.2 Å². The van der Waals surface area contributed by atoms with E-state index >= 15 is 0 Å². The third-order valence-electron chi connectivity index (χ3n) is 0.974. The van der Waals surface area contributed by atoms with Gasteiger partial charge < -0.3 is 4.74 Å². The summed E-state index contributed by atoms with van der Waals surface area (Å²) in [6, 6.07) is 0. The fourth-order valence-electron chi connectivity index (χ4n) is 0.503. The van der Waals surface area contributed by atoms with E-state index < -0.39 is 5.97 Å². The lowest BCUT2D eigenvalue weighted by atomic mass is 10.4. The average molecular weight is 186 g/mol. The number of allylic oxidation sites excluding steroid dienone is 1. The molecule has 0 N–H and O–H groups in total. The third kappa shape index (κ3) is 7.99. The van der Waals surface area contributed by atoms with Crippen molar-refractivity contribution in [3.63, 3.8) is 0 Å². The maximum absolute atomic E-state index is 10.7. The minimum atomic E-state index is -0.400. The molecule has 0 unspecified atom stereocenters. The second-order valence-electron chi connectivity index (χ2n) is 1.98.